The van der Waals surface area contributed by atoms with Crippen LogP contribution in [0.25, 0.3) is 0 Å². The largest absolute Gasteiger partial charge is 0.381 e. The highest BCUT2D eigenvalue weighted by Crippen LogP contribution is 2.39. The van der Waals surface area contributed by atoms with Gasteiger partial charge in [-0.15, -0.1) is 10.2 Å². The van der Waals surface area contributed by atoms with Crippen molar-refractivity contribution in [1.29, 1.82) is 0 Å². The summed E-state index contributed by atoms with van der Waals surface area (Å²) in [5.74, 6) is 1.70. The molecule has 1 aliphatic carbocycles. The zero-order valence-corrected chi connectivity index (χ0v) is 20.6. The van der Waals surface area contributed by atoms with Crippen molar-refractivity contribution in [1.82, 2.24) is 24.7 Å². The van der Waals surface area contributed by atoms with Crippen molar-refractivity contribution in [3.8, 4) is 0 Å². The number of ether oxygens (including phenoxy) is 2. The summed E-state index contributed by atoms with van der Waals surface area (Å²) in [5.41, 5.74) is 0. The molecule has 1 saturated heterocycles. The van der Waals surface area contributed by atoms with Gasteiger partial charge < -0.3 is 9.47 Å². The number of aromatic nitrogens is 5. The predicted molar refractivity (Wildman–Crippen MR) is 124 cm³/mol. The lowest BCUT2D eigenvalue weighted by atomic mass is 9.84. The molecule has 2 aliphatic rings. The summed E-state index contributed by atoms with van der Waals surface area (Å²) >= 11 is 5.91. The molecule has 3 heterocycles. The van der Waals surface area contributed by atoms with Crippen LogP contribution < -0.4 is 4.72 Å². The van der Waals surface area contributed by atoms with Crippen LogP contribution >= 0.6 is 11.6 Å². The van der Waals surface area contributed by atoms with Gasteiger partial charge in [-0.3, -0.25) is 9.29 Å². The molecule has 12 heteroatoms. The number of halogens is 1. The van der Waals surface area contributed by atoms with E-state index in [1.165, 1.54) is 12.4 Å². The maximum absolute atomic E-state index is 13.5. The molecule has 2 aromatic heterocycles. The van der Waals surface area contributed by atoms with Gasteiger partial charge in [-0.1, -0.05) is 24.9 Å². The third kappa shape index (κ3) is 5.47. The summed E-state index contributed by atoms with van der Waals surface area (Å²) in [6.07, 6.45) is 7.58. The minimum absolute atomic E-state index is 0.101. The minimum atomic E-state index is -3.91. The number of hydrogen-bond acceptors (Lipinski definition) is 8. The van der Waals surface area contributed by atoms with Crippen LogP contribution in [0.15, 0.2) is 12.4 Å². The smallest absolute Gasteiger partial charge is 0.240 e. The third-order valence-corrected chi connectivity index (χ3v) is 8.18. The molecule has 1 N–H and O–H groups in total. The van der Waals surface area contributed by atoms with Gasteiger partial charge in [0.15, 0.2) is 5.82 Å². The van der Waals surface area contributed by atoms with Gasteiger partial charge in [0, 0.05) is 44.2 Å². The van der Waals surface area contributed by atoms with E-state index in [-0.39, 0.29) is 17.8 Å². The molecule has 0 aromatic carbocycles. The molecule has 1 saturated carbocycles. The van der Waals surface area contributed by atoms with Gasteiger partial charge in [-0.2, -0.15) is 0 Å². The molecule has 0 unspecified atom stereocenters. The molecule has 33 heavy (non-hydrogen) atoms. The Labute approximate surface area is 199 Å². The lowest BCUT2D eigenvalue weighted by Gasteiger charge is -2.31. The van der Waals surface area contributed by atoms with E-state index in [9.17, 15) is 8.42 Å². The van der Waals surface area contributed by atoms with Gasteiger partial charge in [0.05, 0.1) is 5.02 Å². The van der Waals surface area contributed by atoms with Gasteiger partial charge in [0.1, 0.15) is 17.2 Å². The second-order valence-electron chi connectivity index (χ2n) is 8.63. The predicted octanol–water partition coefficient (Wildman–Crippen LogP) is 3.64. The number of hydrogen-bond donors (Lipinski definition) is 1. The molecule has 0 radical (unpaired) electrons. The van der Waals surface area contributed by atoms with Crippen molar-refractivity contribution >= 4 is 27.6 Å². The first-order valence-corrected chi connectivity index (χ1v) is 13.5. The van der Waals surface area contributed by atoms with Crippen molar-refractivity contribution in [2.45, 2.75) is 75.7 Å². The van der Waals surface area contributed by atoms with E-state index in [0.717, 1.165) is 44.3 Å². The van der Waals surface area contributed by atoms with Gasteiger partial charge in [-0.05, 0) is 39.0 Å². The molecule has 10 nitrogen and oxygen atoms in total. The first-order valence-electron chi connectivity index (χ1n) is 11.5. The monoisotopic (exact) mass is 498 g/mol. The molecular weight excluding hydrogens is 468 g/mol. The van der Waals surface area contributed by atoms with Crippen LogP contribution in [0.2, 0.25) is 5.02 Å². The van der Waals surface area contributed by atoms with E-state index < -0.39 is 21.4 Å². The fourth-order valence-electron chi connectivity index (χ4n) is 4.14. The van der Waals surface area contributed by atoms with Gasteiger partial charge >= 0.3 is 0 Å². The van der Waals surface area contributed by atoms with E-state index in [1.54, 1.807) is 6.92 Å². The number of anilines is 1. The Bertz CT molecular complexity index is 1020. The van der Waals surface area contributed by atoms with E-state index in [4.69, 9.17) is 21.1 Å². The van der Waals surface area contributed by atoms with E-state index >= 15 is 0 Å². The lowest BCUT2D eigenvalue weighted by molar-refractivity contribution is 0.0466. The second kappa shape index (κ2) is 10.6. The van der Waals surface area contributed by atoms with Crippen LogP contribution in [0.1, 0.15) is 82.1 Å². The Hall–Kier alpha value is -1.82. The average molecular weight is 499 g/mol. The number of rotatable bonds is 10. The summed E-state index contributed by atoms with van der Waals surface area (Å²) in [5, 5.41) is 8.05. The van der Waals surface area contributed by atoms with Gasteiger partial charge in [0.25, 0.3) is 0 Å². The summed E-state index contributed by atoms with van der Waals surface area (Å²) in [7, 11) is -3.91. The molecule has 2 aromatic rings. The normalized spacial score (nSPS) is 19.7. The lowest BCUT2D eigenvalue weighted by Crippen LogP contribution is -2.35. The summed E-state index contributed by atoms with van der Waals surface area (Å²) in [6, 6.07) is 0.101. The first kappa shape index (κ1) is 24.3. The molecule has 4 rings (SSSR count). The minimum Gasteiger partial charge on any atom is -0.381 e. The van der Waals surface area contributed by atoms with Crippen LogP contribution in [0.4, 0.5) is 5.95 Å². The Morgan fingerprint density at radius 3 is 2.52 bits per heavy atom. The maximum atomic E-state index is 13.5. The fraction of sp³-hybridized carbons (Fsp3) is 0.714. The van der Waals surface area contributed by atoms with E-state index in [1.807, 2.05) is 11.5 Å². The molecule has 182 valence electrons. The first-order chi connectivity index (χ1) is 15.9. The van der Waals surface area contributed by atoms with Crippen LogP contribution in [-0.4, -0.2) is 58.2 Å². The fourth-order valence-corrected chi connectivity index (χ4v) is 5.34. The molecule has 0 spiro atoms. The van der Waals surface area contributed by atoms with Crippen LogP contribution in [0.5, 0.6) is 0 Å². The standard InChI is InChI=1S/C21H31ClN6O4S/c1-3-9-32-18(19-23-12-16(22)13-24-19)14(2)33(29,30)27-21-26-25-20(15-5-4-6-15)28(21)17-7-10-31-11-8-17/h12-15,17-18H,3-11H2,1-2H3,(H,26,27)/t14-,18+/m0/s1. The Morgan fingerprint density at radius 1 is 1.21 bits per heavy atom. The second-order valence-corrected chi connectivity index (χ2v) is 11.1. The van der Waals surface area contributed by atoms with Gasteiger partial charge in [-0.25, -0.2) is 18.4 Å². The molecule has 2 fully saturated rings. The van der Waals surface area contributed by atoms with Crippen molar-refractivity contribution in [3.63, 3.8) is 0 Å². The molecular formula is C21H31ClN6O4S. The quantitative estimate of drug-likeness (QED) is 0.527. The molecule has 2 atom stereocenters. The Morgan fingerprint density at radius 2 is 1.91 bits per heavy atom. The number of sulfonamides is 1. The van der Waals surface area contributed by atoms with E-state index in [2.05, 4.69) is 24.9 Å². The van der Waals surface area contributed by atoms with Crippen molar-refractivity contribution in [2.24, 2.45) is 0 Å². The summed E-state index contributed by atoms with van der Waals surface area (Å²) in [4.78, 5) is 8.41. The van der Waals surface area contributed by atoms with Crippen LogP contribution in [0, 0.1) is 0 Å². The third-order valence-electron chi connectivity index (χ3n) is 6.29. The molecule has 0 amide bonds. The highest BCUT2D eigenvalue weighted by atomic mass is 35.5. The van der Waals surface area contributed by atoms with Crippen molar-refractivity contribution in [2.75, 3.05) is 24.5 Å². The Kier molecular flexibility index (Phi) is 7.83. The highest BCUT2D eigenvalue weighted by Gasteiger charge is 2.36. The topological polar surface area (TPSA) is 121 Å². The van der Waals surface area contributed by atoms with Crippen molar-refractivity contribution < 1.29 is 17.9 Å². The van der Waals surface area contributed by atoms with Gasteiger partial charge in [0.2, 0.25) is 16.0 Å². The van der Waals surface area contributed by atoms with Crippen LogP contribution in [-0.2, 0) is 19.5 Å². The zero-order valence-electron chi connectivity index (χ0n) is 19.0. The number of nitrogens with zero attached hydrogens (tertiary/aromatic N) is 5. The number of nitrogens with one attached hydrogen (secondary N) is 1. The SMILES string of the molecule is CCCO[C@@H](c1ncc(Cl)cn1)[C@H](C)S(=O)(=O)Nc1nnc(C2CCC2)n1C1CCOCC1. The zero-order chi connectivity index (χ0) is 23.4. The maximum Gasteiger partial charge on any atom is 0.240 e. The molecule has 1 aliphatic heterocycles. The van der Waals surface area contributed by atoms with E-state index in [0.29, 0.717) is 30.8 Å². The average Bonchev–Trinajstić information content (AvgIpc) is 3.16. The highest BCUT2D eigenvalue weighted by molar-refractivity contribution is 7.93. The Balaban J connectivity index is 1.61. The molecule has 0 bridgehead atoms. The van der Waals surface area contributed by atoms with Crippen molar-refractivity contribution in [3.05, 3.63) is 29.1 Å². The van der Waals surface area contributed by atoms with Crippen LogP contribution in [0.3, 0.4) is 0 Å². The summed E-state index contributed by atoms with van der Waals surface area (Å²) in [6.45, 7) is 5.19. The summed E-state index contributed by atoms with van der Waals surface area (Å²) < 4.78 is 43.0.